The van der Waals surface area contributed by atoms with Crippen molar-refractivity contribution in [3.63, 3.8) is 0 Å². The SMILES string of the molecule is COCC1(C(=O)N2CCO[C@@H](c3ccc(F)cc3)C2)CCC1. The van der Waals surface area contributed by atoms with Gasteiger partial charge in [-0.25, -0.2) is 4.39 Å². The standard InChI is InChI=1S/C17H22FNO3/c1-21-12-17(7-2-8-17)16(20)19-9-10-22-15(11-19)13-3-5-14(18)6-4-13/h3-6,15H,2,7-12H2,1H3/t15-/m1/s1. The second-order valence-corrected chi connectivity index (χ2v) is 6.23. The molecule has 0 bridgehead atoms. The van der Waals surface area contributed by atoms with E-state index in [0.29, 0.717) is 26.3 Å². The number of nitrogens with zero attached hydrogens (tertiary/aromatic N) is 1. The van der Waals surface area contributed by atoms with E-state index >= 15 is 0 Å². The first-order chi connectivity index (χ1) is 10.6. The molecule has 1 aromatic carbocycles. The van der Waals surface area contributed by atoms with Crippen molar-refractivity contribution >= 4 is 5.91 Å². The molecule has 0 radical (unpaired) electrons. The predicted octanol–water partition coefficient (Wildman–Crippen LogP) is 2.54. The number of carbonyl (C=O) groups excluding carboxylic acids is 1. The Hall–Kier alpha value is -1.46. The van der Waals surface area contributed by atoms with Crippen LogP contribution in [-0.2, 0) is 14.3 Å². The van der Waals surface area contributed by atoms with Crippen LogP contribution in [0.3, 0.4) is 0 Å². The Balaban J connectivity index is 1.70. The molecule has 1 amide bonds. The maximum absolute atomic E-state index is 13.0. The van der Waals surface area contributed by atoms with Gasteiger partial charge in [-0.1, -0.05) is 18.6 Å². The number of amides is 1. The van der Waals surface area contributed by atoms with E-state index in [1.54, 1.807) is 19.2 Å². The van der Waals surface area contributed by atoms with Gasteiger partial charge in [0.1, 0.15) is 11.9 Å². The summed E-state index contributed by atoms with van der Waals surface area (Å²) in [6.07, 6.45) is 2.70. The molecule has 120 valence electrons. The molecule has 2 aliphatic rings. The molecule has 0 spiro atoms. The van der Waals surface area contributed by atoms with Crippen molar-refractivity contribution in [2.45, 2.75) is 25.4 Å². The van der Waals surface area contributed by atoms with Crippen molar-refractivity contribution in [3.8, 4) is 0 Å². The van der Waals surface area contributed by atoms with Gasteiger partial charge in [-0.05, 0) is 30.5 Å². The first-order valence-electron chi connectivity index (χ1n) is 7.80. The third-order valence-corrected chi connectivity index (χ3v) is 4.78. The topological polar surface area (TPSA) is 38.8 Å². The van der Waals surface area contributed by atoms with Crippen LogP contribution in [0.1, 0.15) is 30.9 Å². The molecule has 2 fully saturated rings. The Labute approximate surface area is 130 Å². The summed E-state index contributed by atoms with van der Waals surface area (Å²) < 4.78 is 24.1. The summed E-state index contributed by atoms with van der Waals surface area (Å²) in [6.45, 7) is 2.14. The van der Waals surface area contributed by atoms with Gasteiger partial charge in [0.15, 0.2) is 0 Å². The van der Waals surface area contributed by atoms with Gasteiger partial charge in [0, 0.05) is 13.7 Å². The average Bonchev–Trinajstić information content (AvgIpc) is 2.51. The zero-order chi connectivity index (χ0) is 15.6. The number of ether oxygens (including phenoxy) is 2. The normalized spacial score (nSPS) is 23.9. The third-order valence-electron chi connectivity index (χ3n) is 4.78. The monoisotopic (exact) mass is 307 g/mol. The Bertz CT molecular complexity index is 527. The van der Waals surface area contributed by atoms with Crippen LogP contribution in [0.5, 0.6) is 0 Å². The average molecular weight is 307 g/mol. The number of carbonyl (C=O) groups is 1. The molecular formula is C17H22FNO3. The number of methoxy groups -OCH3 is 1. The highest BCUT2D eigenvalue weighted by molar-refractivity contribution is 5.84. The van der Waals surface area contributed by atoms with Crippen molar-refractivity contribution < 1.29 is 18.7 Å². The molecule has 1 atom stereocenters. The van der Waals surface area contributed by atoms with E-state index in [9.17, 15) is 9.18 Å². The van der Waals surface area contributed by atoms with E-state index in [0.717, 1.165) is 24.8 Å². The second-order valence-electron chi connectivity index (χ2n) is 6.23. The molecule has 22 heavy (non-hydrogen) atoms. The molecule has 5 heteroatoms. The summed E-state index contributed by atoms with van der Waals surface area (Å²) in [5, 5.41) is 0. The van der Waals surface area contributed by atoms with Crippen LogP contribution in [0.2, 0.25) is 0 Å². The summed E-state index contributed by atoms with van der Waals surface area (Å²) in [5.74, 6) is -0.0861. The minimum atomic E-state index is -0.334. The fourth-order valence-electron chi connectivity index (χ4n) is 3.35. The van der Waals surface area contributed by atoms with Gasteiger partial charge < -0.3 is 14.4 Å². The fraction of sp³-hybridized carbons (Fsp3) is 0.588. The van der Waals surface area contributed by atoms with Crippen molar-refractivity contribution in [2.24, 2.45) is 5.41 Å². The third kappa shape index (κ3) is 2.88. The van der Waals surface area contributed by atoms with Crippen molar-refractivity contribution in [2.75, 3.05) is 33.4 Å². The van der Waals surface area contributed by atoms with Crippen LogP contribution in [0, 0.1) is 11.2 Å². The van der Waals surface area contributed by atoms with Gasteiger partial charge in [-0.2, -0.15) is 0 Å². The lowest BCUT2D eigenvalue weighted by Gasteiger charge is -2.45. The summed E-state index contributed by atoms with van der Waals surface area (Å²) >= 11 is 0. The number of morpholine rings is 1. The van der Waals surface area contributed by atoms with Crippen molar-refractivity contribution in [1.29, 1.82) is 0 Å². The van der Waals surface area contributed by atoms with Crippen LogP contribution in [0.15, 0.2) is 24.3 Å². The minimum Gasteiger partial charge on any atom is -0.384 e. The second kappa shape index (κ2) is 6.34. The number of rotatable bonds is 4. The highest BCUT2D eigenvalue weighted by Gasteiger charge is 2.47. The lowest BCUT2D eigenvalue weighted by atomic mass is 9.68. The van der Waals surface area contributed by atoms with Crippen molar-refractivity contribution in [1.82, 2.24) is 4.90 Å². The maximum atomic E-state index is 13.0. The molecule has 1 aromatic rings. The molecule has 4 nitrogen and oxygen atoms in total. The first-order valence-corrected chi connectivity index (χ1v) is 7.80. The molecule has 1 heterocycles. The first kappa shape index (κ1) is 15.4. The smallest absolute Gasteiger partial charge is 0.231 e. The van der Waals surface area contributed by atoms with Gasteiger partial charge in [-0.3, -0.25) is 4.79 Å². The van der Waals surface area contributed by atoms with Crippen LogP contribution in [0.25, 0.3) is 0 Å². The highest BCUT2D eigenvalue weighted by Crippen LogP contribution is 2.43. The van der Waals surface area contributed by atoms with Crippen LogP contribution in [-0.4, -0.2) is 44.2 Å². The molecule has 1 saturated heterocycles. The number of halogens is 1. The summed E-state index contributed by atoms with van der Waals surface area (Å²) in [5.41, 5.74) is 0.577. The predicted molar refractivity (Wildman–Crippen MR) is 79.8 cm³/mol. The van der Waals surface area contributed by atoms with Crippen molar-refractivity contribution in [3.05, 3.63) is 35.6 Å². The van der Waals surface area contributed by atoms with Gasteiger partial charge in [0.2, 0.25) is 5.91 Å². The highest BCUT2D eigenvalue weighted by atomic mass is 19.1. The van der Waals surface area contributed by atoms with Gasteiger partial charge in [0.05, 0.1) is 25.2 Å². The van der Waals surface area contributed by atoms with Gasteiger partial charge >= 0.3 is 0 Å². The lowest BCUT2D eigenvalue weighted by molar-refractivity contribution is -0.159. The Morgan fingerprint density at radius 2 is 2.14 bits per heavy atom. The zero-order valence-electron chi connectivity index (χ0n) is 12.9. The molecule has 0 unspecified atom stereocenters. The molecule has 1 saturated carbocycles. The zero-order valence-corrected chi connectivity index (χ0v) is 12.9. The molecule has 1 aliphatic heterocycles. The van der Waals surface area contributed by atoms with Crippen LogP contribution < -0.4 is 0 Å². The summed E-state index contributed by atoms with van der Waals surface area (Å²) in [6, 6.07) is 6.31. The Kier molecular flexibility index (Phi) is 4.45. The van der Waals surface area contributed by atoms with Gasteiger partial charge in [-0.15, -0.1) is 0 Å². The van der Waals surface area contributed by atoms with Crippen LogP contribution >= 0.6 is 0 Å². The van der Waals surface area contributed by atoms with E-state index in [-0.39, 0.29) is 23.2 Å². The quantitative estimate of drug-likeness (QED) is 0.858. The molecular weight excluding hydrogens is 285 g/mol. The largest absolute Gasteiger partial charge is 0.384 e. The molecule has 0 aromatic heterocycles. The van der Waals surface area contributed by atoms with E-state index in [4.69, 9.17) is 9.47 Å². The number of benzene rings is 1. The lowest BCUT2D eigenvalue weighted by Crippen LogP contribution is -2.53. The van der Waals surface area contributed by atoms with E-state index in [2.05, 4.69) is 0 Å². The summed E-state index contributed by atoms with van der Waals surface area (Å²) in [4.78, 5) is 14.7. The molecule has 0 N–H and O–H groups in total. The molecule has 3 rings (SSSR count). The van der Waals surface area contributed by atoms with Crippen LogP contribution in [0.4, 0.5) is 4.39 Å². The number of hydrogen-bond donors (Lipinski definition) is 0. The molecule has 1 aliphatic carbocycles. The van der Waals surface area contributed by atoms with E-state index < -0.39 is 0 Å². The number of hydrogen-bond acceptors (Lipinski definition) is 3. The fourth-order valence-corrected chi connectivity index (χ4v) is 3.35. The Morgan fingerprint density at radius 1 is 1.41 bits per heavy atom. The Morgan fingerprint density at radius 3 is 2.73 bits per heavy atom. The maximum Gasteiger partial charge on any atom is 0.231 e. The van der Waals surface area contributed by atoms with Gasteiger partial charge in [0.25, 0.3) is 0 Å². The summed E-state index contributed by atoms with van der Waals surface area (Å²) in [7, 11) is 1.65. The van der Waals surface area contributed by atoms with E-state index in [1.807, 2.05) is 4.90 Å². The van der Waals surface area contributed by atoms with E-state index in [1.165, 1.54) is 12.1 Å². The minimum absolute atomic E-state index is 0.177.